The number of cyclic esters (lactones) is 1. The van der Waals surface area contributed by atoms with Crippen LogP contribution in [0.2, 0.25) is 5.02 Å². The third-order valence-electron chi connectivity index (χ3n) is 8.21. The summed E-state index contributed by atoms with van der Waals surface area (Å²) in [5.74, 6) is -2.95. The van der Waals surface area contributed by atoms with Gasteiger partial charge in [-0.05, 0) is 69.7 Å². The van der Waals surface area contributed by atoms with E-state index in [-0.39, 0.29) is 31.3 Å². The van der Waals surface area contributed by atoms with Gasteiger partial charge in [0.1, 0.15) is 16.6 Å². The maximum Gasteiger partial charge on any atom is 0.333 e. The first-order chi connectivity index (χ1) is 18.0. The van der Waals surface area contributed by atoms with E-state index in [4.69, 9.17) is 25.8 Å². The largest absolute Gasteiger partial charge is 0.478 e. The number of ether oxygens (including phenoxy) is 3. The Kier molecular flexibility index (Phi) is 7.57. The van der Waals surface area contributed by atoms with Gasteiger partial charge in [0.15, 0.2) is 0 Å². The number of halogens is 1. The first kappa shape index (κ1) is 27.6. The Labute approximate surface area is 226 Å². The summed E-state index contributed by atoms with van der Waals surface area (Å²) in [5.41, 5.74) is -2.28. The number of hydrogen-bond donors (Lipinski definition) is 1. The van der Waals surface area contributed by atoms with Gasteiger partial charge < -0.3 is 19.3 Å². The normalized spacial score (nSPS) is 30.6. The van der Waals surface area contributed by atoms with Crippen molar-refractivity contribution in [2.45, 2.75) is 63.6 Å². The van der Waals surface area contributed by atoms with Gasteiger partial charge in [0.25, 0.3) is 0 Å². The Morgan fingerprint density at radius 2 is 1.92 bits per heavy atom. The molecule has 1 saturated heterocycles. The van der Waals surface area contributed by atoms with Gasteiger partial charge in [-0.25, -0.2) is 9.59 Å². The Hall–Kier alpha value is -3.39. The number of carbonyl (C=O) groups is 4. The minimum Gasteiger partial charge on any atom is -0.478 e. The van der Waals surface area contributed by atoms with Crippen LogP contribution in [0.3, 0.4) is 0 Å². The molecule has 1 aromatic carbocycles. The summed E-state index contributed by atoms with van der Waals surface area (Å²) in [6.07, 6.45) is 8.00. The standard InChI is InChI=1S/C29H31ClO8/c1-18(24(32)33)5-4-13-27(2)22-12-15-28(26(35)38-27)14-10-20(25(34)36-3)11-16-29(22,28)37-23(31)17-19-6-8-21(30)9-7-19/h4-10,13,22H,11-12,14-17H2,1-3H3,(H,32,33)/t22-,27?,28+,29-/m1/s1. The summed E-state index contributed by atoms with van der Waals surface area (Å²) in [4.78, 5) is 50.8. The molecular weight excluding hydrogens is 512 g/mol. The maximum atomic E-state index is 13.8. The fraction of sp³-hybridized carbons (Fsp3) is 0.448. The van der Waals surface area contributed by atoms with Crippen LogP contribution in [0.1, 0.15) is 51.5 Å². The summed E-state index contributed by atoms with van der Waals surface area (Å²) in [6.45, 7) is 3.22. The van der Waals surface area contributed by atoms with Crippen LogP contribution >= 0.6 is 11.6 Å². The number of aliphatic carboxylic acids is 1. The molecule has 1 N–H and O–H groups in total. The molecule has 0 aromatic heterocycles. The molecule has 1 unspecified atom stereocenters. The molecule has 0 spiro atoms. The van der Waals surface area contributed by atoms with E-state index in [1.165, 1.54) is 20.1 Å². The van der Waals surface area contributed by atoms with Crippen molar-refractivity contribution in [3.8, 4) is 0 Å². The molecule has 4 rings (SSSR count). The lowest BCUT2D eigenvalue weighted by molar-refractivity contribution is -0.235. The molecule has 2 aliphatic carbocycles. The molecule has 8 nitrogen and oxygen atoms in total. The Bertz CT molecular complexity index is 1250. The predicted octanol–water partition coefficient (Wildman–Crippen LogP) is 4.75. The maximum absolute atomic E-state index is 13.8. The molecule has 1 aromatic rings. The number of hydrogen-bond acceptors (Lipinski definition) is 7. The highest BCUT2D eigenvalue weighted by Crippen LogP contribution is 2.65. The summed E-state index contributed by atoms with van der Waals surface area (Å²) in [6, 6.07) is 6.88. The van der Waals surface area contributed by atoms with Gasteiger partial charge in [0.2, 0.25) is 0 Å². The van der Waals surface area contributed by atoms with E-state index in [2.05, 4.69) is 0 Å². The minimum atomic E-state index is -1.23. The highest BCUT2D eigenvalue weighted by molar-refractivity contribution is 6.30. The van der Waals surface area contributed by atoms with Gasteiger partial charge in [0, 0.05) is 22.1 Å². The molecule has 0 amide bonds. The Balaban J connectivity index is 1.74. The van der Waals surface area contributed by atoms with Gasteiger partial charge in [0.05, 0.1) is 13.5 Å². The number of methoxy groups -OCH3 is 1. The van der Waals surface area contributed by atoms with Crippen molar-refractivity contribution < 1.29 is 38.5 Å². The highest BCUT2D eigenvalue weighted by Gasteiger charge is 2.74. The second-order valence-corrected chi connectivity index (χ2v) is 10.8. The van der Waals surface area contributed by atoms with Crippen LogP contribution in [0.4, 0.5) is 0 Å². The number of carbonyl (C=O) groups excluding carboxylic acids is 3. The number of benzene rings is 1. The van der Waals surface area contributed by atoms with Gasteiger partial charge in [-0.15, -0.1) is 0 Å². The zero-order chi connectivity index (χ0) is 27.7. The molecule has 1 heterocycles. The van der Waals surface area contributed by atoms with Crippen molar-refractivity contribution in [1.29, 1.82) is 0 Å². The van der Waals surface area contributed by atoms with E-state index in [1.54, 1.807) is 49.4 Å². The van der Waals surface area contributed by atoms with Crippen molar-refractivity contribution in [3.05, 3.63) is 70.3 Å². The van der Waals surface area contributed by atoms with E-state index < -0.39 is 46.4 Å². The lowest BCUT2D eigenvalue weighted by atomic mass is 9.62. The lowest BCUT2D eigenvalue weighted by Crippen LogP contribution is -2.65. The average molecular weight is 543 g/mol. The van der Waals surface area contributed by atoms with Crippen LogP contribution in [0.15, 0.2) is 59.7 Å². The molecule has 0 radical (unpaired) electrons. The third kappa shape index (κ3) is 4.77. The topological polar surface area (TPSA) is 116 Å². The van der Waals surface area contributed by atoms with Crippen LogP contribution in [0, 0.1) is 11.3 Å². The molecule has 1 saturated carbocycles. The molecule has 2 bridgehead atoms. The van der Waals surface area contributed by atoms with Crippen molar-refractivity contribution in [2.75, 3.05) is 7.11 Å². The fourth-order valence-corrected chi connectivity index (χ4v) is 6.33. The Morgan fingerprint density at radius 1 is 1.21 bits per heavy atom. The van der Waals surface area contributed by atoms with Gasteiger partial charge in [-0.1, -0.05) is 42.0 Å². The zero-order valence-electron chi connectivity index (χ0n) is 21.6. The van der Waals surface area contributed by atoms with Crippen molar-refractivity contribution in [2.24, 2.45) is 11.3 Å². The van der Waals surface area contributed by atoms with Crippen LogP contribution in [-0.4, -0.2) is 47.3 Å². The zero-order valence-corrected chi connectivity index (χ0v) is 22.4. The SMILES string of the molecule is COC(=O)C1=CC[C@]23CC[C@H](C(C)(C=CC=C(C)C(=O)O)OC2=O)[C@]3(OC(=O)Cc2ccc(Cl)cc2)CC1. The van der Waals surface area contributed by atoms with Crippen molar-refractivity contribution in [3.63, 3.8) is 0 Å². The molecule has 9 heteroatoms. The monoisotopic (exact) mass is 542 g/mol. The minimum absolute atomic E-state index is 0.0127. The van der Waals surface area contributed by atoms with Crippen molar-refractivity contribution in [1.82, 2.24) is 0 Å². The van der Waals surface area contributed by atoms with E-state index >= 15 is 0 Å². The lowest BCUT2D eigenvalue weighted by Gasteiger charge is -2.54. The van der Waals surface area contributed by atoms with Gasteiger partial charge in [-0.2, -0.15) is 0 Å². The molecular formula is C29H31ClO8. The number of allylic oxidation sites excluding steroid dienone is 3. The molecule has 1 aliphatic heterocycles. The number of esters is 3. The molecule has 4 atom stereocenters. The molecule has 2 fully saturated rings. The smallest absolute Gasteiger partial charge is 0.333 e. The van der Waals surface area contributed by atoms with Crippen LogP contribution in [0.5, 0.6) is 0 Å². The first-order valence-corrected chi connectivity index (χ1v) is 12.9. The fourth-order valence-electron chi connectivity index (χ4n) is 6.20. The predicted molar refractivity (Wildman–Crippen MR) is 138 cm³/mol. The van der Waals surface area contributed by atoms with E-state index in [0.717, 1.165) is 5.56 Å². The second-order valence-electron chi connectivity index (χ2n) is 10.4. The number of carboxylic acid groups (broad SMARTS) is 1. The van der Waals surface area contributed by atoms with Gasteiger partial charge in [-0.3, -0.25) is 9.59 Å². The van der Waals surface area contributed by atoms with Crippen molar-refractivity contribution >= 4 is 35.5 Å². The highest BCUT2D eigenvalue weighted by atomic mass is 35.5. The summed E-state index contributed by atoms with van der Waals surface area (Å²) >= 11 is 5.98. The molecule has 202 valence electrons. The molecule has 38 heavy (non-hydrogen) atoms. The van der Waals surface area contributed by atoms with Crippen LogP contribution in [0.25, 0.3) is 0 Å². The Morgan fingerprint density at radius 3 is 2.58 bits per heavy atom. The first-order valence-electron chi connectivity index (χ1n) is 12.5. The van der Waals surface area contributed by atoms with Crippen LogP contribution < -0.4 is 0 Å². The number of rotatable bonds is 7. The van der Waals surface area contributed by atoms with E-state index in [9.17, 15) is 24.3 Å². The van der Waals surface area contributed by atoms with E-state index in [0.29, 0.717) is 23.4 Å². The third-order valence-corrected chi connectivity index (χ3v) is 8.46. The quantitative estimate of drug-likeness (QED) is 0.227. The molecule has 3 aliphatic rings. The summed E-state index contributed by atoms with van der Waals surface area (Å²) in [5, 5.41) is 9.73. The van der Waals surface area contributed by atoms with E-state index in [1.807, 2.05) is 0 Å². The summed E-state index contributed by atoms with van der Waals surface area (Å²) < 4.78 is 17.3. The average Bonchev–Trinajstić information content (AvgIpc) is 3.02. The second kappa shape index (κ2) is 10.4. The number of carboxylic acids is 1. The summed E-state index contributed by atoms with van der Waals surface area (Å²) in [7, 11) is 1.30. The van der Waals surface area contributed by atoms with Crippen LogP contribution in [-0.2, 0) is 39.8 Å². The van der Waals surface area contributed by atoms with Gasteiger partial charge >= 0.3 is 23.9 Å².